The van der Waals surface area contributed by atoms with E-state index in [9.17, 15) is 0 Å². The molecule has 0 amide bonds. The standard InChI is InChI=1S/C22H29NO3/c1-2-3-14-25-22-9-5-4-8-21(22)23-16-18-10-12-19(13-11-18)26-17-20-7-6-15-24-20/h4-5,8-13,20,23H,2-3,6-7,14-17H2,1H3. The Morgan fingerprint density at radius 1 is 1.08 bits per heavy atom. The van der Waals surface area contributed by atoms with Gasteiger partial charge in [0.15, 0.2) is 0 Å². The fourth-order valence-corrected chi connectivity index (χ4v) is 2.93. The lowest BCUT2D eigenvalue weighted by Gasteiger charge is -2.14. The van der Waals surface area contributed by atoms with Crippen LogP contribution in [0.3, 0.4) is 0 Å². The SMILES string of the molecule is CCCCOc1ccccc1NCc1ccc(OCC2CCCO2)cc1. The Hall–Kier alpha value is -2.20. The van der Waals surface area contributed by atoms with Gasteiger partial charge in [0.2, 0.25) is 0 Å². The van der Waals surface area contributed by atoms with Gasteiger partial charge in [-0.2, -0.15) is 0 Å². The van der Waals surface area contributed by atoms with Gasteiger partial charge in [0, 0.05) is 13.2 Å². The van der Waals surface area contributed by atoms with Crippen LogP contribution in [-0.2, 0) is 11.3 Å². The van der Waals surface area contributed by atoms with Crippen molar-refractivity contribution in [1.29, 1.82) is 0 Å². The smallest absolute Gasteiger partial charge is 0.142 e. The minimum atomic E-state index is 0.251. The molecule has 2 aromatic rings. The molecule has 0 aliphatic carbocycles. The molecule has 1 heterocycles. The van der Waals surface area contributed by atoms with Gasteiger partial charge in [0.1, 0.15) is 18.1 Å². The molecule has 0 spiro atoms. The lowest BCUT2D eigenvalue weighted by molar-refractivity contribution is 0.0679. The Kier molecular flexibility index (Phi) is 7.20. The van der Waals surface area contributed by atoms with E-state index < -0.39 is 0 Å². The summed E-state index contributed by atoms with van der Waals surface area (Å²) in [5.41, 5.74) is 2.24. The number of nitrogens with one attached hydrogen (secondary N) is 1. The normalized spacial score (nSPS) is 16.4. The molecule has 1 atom stereocenters. The molecule has 26 heavy (non-hydrogen) atoms. The highest BCUT2D eigenvalue weighted by Crippen LogP contribution is 2.25. The summed E-state index contributed by atoms with van der Waals surface area (Å²) >= 11 is 0. The largest absolute Gasteiger partial charge is 0.491 e. The first-order valence-electron chi connectivity index (χ1n) is 9.64. The van der Waals surface area contributed by atoms with Crippen molar-refractivity contribution < 1.29 is 14.2 Å². The van der Waals surface area contributed by atoms with Crippen LogP contribution in [0.4, 0.5) is 5.69 Å². The second kappa shape index (κ2) is 10.1. The van der Waals surface area contributed by atoms with E-state index in [1.807, 2.05) is 30.3 Å². The number of anilines is 1. The predicted molar refractivity (Wildman–Crippen MR) is 105 cm³/mol. The number of ether oxygens (including phenoxy) is 3. The van der Waals surface area contributed by atoms with E-state index in [-0.39, 0.29) is 6.10 Å². The molecule has 1 N–H and O–H groups in total. The maximum Gasteiger partial charge on any atom is 0.142 e. The van der Waals surface area contributed by atoms with Crippen LogP contribution >= 0.6 is 0 Å². The molecule has 0 bridgehead atoms. The Bertz CT molecular complexity index is 651. The molecule has 0 saturated carbocycles. The van der Waals surface area contributed by atoms with E-state index in [0.29, 0.717) is 6.61 Å². The zero-order chi connectivity index (χ0) is 18.0. The van der Waals surface area contributed by atoms with Gasteiger partial charge < -0.3 is 19.5 Å². The third-order valence-corrected chi connectivity index (χ3v) is 4.51. The summed E-state index contributed by atoms with van der Waals surface area (Å²) in [4.78, 5) is 0. The topological polar surface area (TPSA) is 39.7 Å². The number of hydrogen-bond acceptors (Lipinski definition) is 4. The van der Waals surface area contributed by atoms with Gasteiger partial charge >= 0.3 is 0 Å². The number of benzene rings is 2. The molecule has 4 nitrogen and oxygen atoms in total. The molecular weight excluding hydrogens is 326 g/mol. The first-order chi connectivity index (χ1) is 12.8. The summed E-state index contributed by atoms with van der Waals surface area (Å²) in [6.07, 6.45) is 4.70. The summed E-state index contributed by atoms with van der Waals surface area (Å²) in [6, 6.07) is 16.3. The first-order valence-corrected chi connectivity index (χ1v) is 9.64. The zero-order valence-corrected chi connectivity index (χ0v) is 15.6. The summed E-state index contributed by atoms with van der Waals surface area (Å²) in [5, 5.41) is 3.47. The molecule has 0 radical (unpaired) electrons. The Morgan fingerprint density at radius 2 is 1.92 bits per heavy atom. The van der Waals surface area contributed by atoms with Gasteiger partial charge in [-0.1, -0.05) is 37.6 Å². The van der Waals surface area contributed by atoms with Crippen molar-refractivity contribution in [2.45, 2.75) is 45.3 Å². The van der Waals surface area contributed by atoms with Crippen molar-refractivity contribution in [3.8, 4) is 11.5 Å². The van der Waals surface area contributed by atoms with Crippen LogP contribution in [0.1, 0.15) is 38.2 Å². The lowest BCUT2D eigenvalue weighted by atomic mass is 10.2. The minimum Gasteiger partial charge on any atom is -0.491 e. The van der Waals surface area contributed by atoms with Crippen LogP contribution in [0.15, 0.2) is 48.5 Å². The van der Waals surface area contributed by atoms with E-state index in [2.05, 4.69) is 30.4 Å². The summed E-state index contributed by atoms with van der Waals surface area (Å²) in [6.45, 7) is 5.18. The van der Waals surface area contributed by atoms with E-state index in [0.717, 1.165) is 62.6 Å². The molecule has 0 aromatic heterocycles. The van der Waals surface area contributed by atoms with E-state index >= 15 is 0 Å². The van der Waals surface area contributed by atoms with Crippen LogP contribution in [0.5, 0.6) is 11.5 Å². The van der Waals surface area contributed by atoms with Gasteiger partial charge in [-0.25, -0.2) is 0 Å². The van der Waals surface area contributed by atoms with Crippen molar-refractivity contribution in [3.63, 3.8) is 0 Å². The fourth-order valence-electron chi connectivity index (χ4n) is 2.93. The fraction of sp³-hybridized carbons (Fsp3) is 0.455. The van der Waals surface area contributed by atoms with Crippen molar-refractivity contribution in [1.82, 2.24) is 0 Å². The van der Waals surface area contributed by atoms with Crippen LogP contribution in [0, 0.1) is 0 Å². The summed E-state index contributed by atoms with van der Waals surface area (Å²) < 4.78 is 17.3. The number of para-hydroxylation sites is 2. The number of rotatable bonds is 10. The molecule has 1 aliphatic rings. The quantitative estimate of drug-likeness (QED) is 0.606. The van der Waals surface area contributed by atoms with Crippen LogP contribution < -0.4 is 14.8 Å². The summed E-state index contributed by atoms with van der Waals surface area (Å²) in [5.74, 6) is 1.81. The van der Waals surface area contributed by atoms with E-state index in [4.69, 9.17) is 14.2 Å². The highest BCUT2D eigenvalue weighted by Gasteiger charge is 2.15. The molecule has 4 heteroatoms. The lowest BCUT2D eigenvalue weighted by Crippen LogP contribution is -2.16. The minimum absolute atomic E-state index is 0.251. The highest BCUT2D eigenvalue weighted by molar-refractivity contribution is 5.56. The van der Waals surface area contributed by atoms with Crippen molar-refractivity contribution >= 4 is 5.69 Å². The Labute approximate surface area is 156 Å². The molecule has 1 aliphatic heterocycles. The van der Waals surface area contributed by atoms with Gasteiger partial charge in [-0.15, -0.1) is 0 Å². The second-order valence-corrected chi connectivity index (χ2v) is 6.64. The average molecular weight is 355 g/mol. The molecule has 1 saturated heterocycles. The number of hydrogen-bond donors (Lipinski definition) is 1. The maximum absolute atomic E-state index is 5.87. The molecule has 1 fully saturated rings. The Balaban J connectivity index is 1.48. The van der Waals surface area contributed by atoms with E-state index in [1.165, 1.54) is 5.56 Å². The predicted octanol–water partition coefficient (Wildman–Crippen LogP) is 5.04. The van der Waals surface area contributed by atoms with Crippen LogP contribution in [0.25, 0.3) is 0 Å². The maximum atomic E-state index is 5.87. The van der Waals surface area contributed by atoms with Gasteiger partial charge in [0.25, 0.3) is 0 Å². The number of unbranched alkanes of at least 4 members (excludes halogenated alkanes) is 1. The zero-order valence-electron chi connectivity index (χ0n) is 15.6. The van der Waals surface area contributed by atoms with Gasteiger partial charge in [0.05, 0.1) is 18.4 Å². The molecular formula is C22H29NO3. The molecule has 2 aromatic carbocycles. The highest BCUT2D eigenvalue weighted by atomic mass is 16.5. The first kappa shape index (κ1) is 18.6. The van der Waals surface area contributed by atoms with Gasteiger partial charge in [-0.05, 0) is 49.1 Å². The second-order valence-electron chi connectivity index (χ2n) is 6.64. The Morgan fingerprint density at radius 3 is 2.69 bits per heavy atom. The third-order valence-electron chi connectivity index (χ3n) is 4.51. The van der Waals surface area contributed by atoms with Crippen molar-refractivity contribution in [2.24, 2.45) is 0 Å². The van der Waals surface area contributed by atoms with Crippen molar-refractivity contribution in [2.75, 3.05) is 25.1 Å². The van der Waals surface area contributed by atoms with Crippen LogP contribution in [-0.4, -0.2) is 25.9 Å². The molecule has 1 unspecified atom stereocenters. The van der Waals surface area contributed by atoms with Crippen molar-refractivity contribution in [3.05, 3.63) is 54.1 Å². The molecule has 140 valence electrons. The van der Waals surface area contributed by atoms with Gasteiger partial charge in [-0.3, -0.25) is 0 Å². The molecule has 3 rings (SSSR count). The monoisotopic (exact) mass is 355 g/mol. The average Bonchev–Trinajstić information content (AvgIpc) is 3.20. The third kappa shape index (κ3) is 5.67. The van der Waals surface area contributed by atoms with E-state index in [1.54, 1.807) is 0 Å². The summed E-state index contributed by atoms with van der Waals surface area (Å²) in [7, 11) is 0. The van der Waals surface area contributed by atoms with Crippen LogP contribution in [0.2, 0.25) is 0 Å².